The first-order chi connectivity index (χ1) is 7.35. The molecule has 0 radical (unpaired) electrons. The van der Waals surface area contributed by atoms with Gasteiger partial charge in [0, 0.05) is 17.9 Å². The average molecular weight is 222 g/mol. The number of nitrogens with one attached hydrogen (secondary N) is 1. The molecular weight excluding hydrogens is 204 g/mol. The molecule has 0 aliphatic heterocycles. The molecule has 0 saturated heterocycles. The van der Waals surface area contributed by atoms with Crippen molar-refractivity contribution >= 4 is 11.9 Å². The molecule has 16 heavy (non-hydrogen) atoms. The third-order valence-corrected chi connectivity index (χ3v) is 2.33. The Morgan fingerprint density at radius 1 is 1.38 bits per heavy atom. The number of carbonyl (C=O) groups is 1. The van der Waals surface area contributed by atoms with Crippen molar-refractivity contribution in [1.82, 2.24) is 9.97 Å². The molecule has 1 amide bonds. The minimum Gasteiger partial charge on any atom is -0.329 e. The summed E-state index contributed by atoms with van der Waals surface area (Å²) in [5.41, 5.74) is 6.56. The van der Waals surface area contributed by atoms with Gasteiger partial charge in [-0.1, -0.05) is 0 Å². The molecule has 0 fully saturated rings. The quantitative estimate of drug-likeness (QED) is 0.800. The zero-order valence-electron chi connectivity index (χ0n) is 10.2. The standard InChI is InChI=1S/C11H18N4O/c1-7-5-8(2)14-10(13-7)15-9(16)11(3,4)6-12/h5H,6,12H2,1-4H3,(H,13,14,15,16). The molecule has 5 heteroatoms. The van der Waals surface area contributed by atoms with Crippen LogP contribution in [0.5, 0.6) is 0 Å². The summed E-state index contributed by atoms with van der Waals surface area (Å²) in [5, 5.41) is 2.67. The van der Waals surface area contributed by atoms with Crippen molar-refractivity contribution in [3.8, 4) is 0 Å². The number of aryl methyl sites for hydroxylation is 2. The Labute approximate surface area is 95.5 Å². The van der Waals surface area contributed by atoms with Crippen molar-refractivity contribution < 1.29 is 4.79 Å². The summed E-state index contributed by atoms with van der Waals surface area (Å²) >= 11 is 0. The number of aromatic nitrogens is 2. The first-order valence-electron chi connectivity index (χ1n) is 5.19. The monoisotopic (exact) mass is 222 g/mol. The SMILES string of the molecule is Cc1cc(C)nc(NC(=O)C(C)(C)CN)n1. The third-order valence-electron chi connectivity index (χ3n) is 2.33. The van der Waals surface area contributed by atoms with Gasteiger partial charge in [-0.2, -0.15) is 0 Å². The van der Waals surface area contributed by atoms with Crippen LogP contribution >= 0.6 is 0 Å². The summed E-state index contributed by atoms with van der Waals surface area (Å²) in [7, 11) is 0. The molecule has 0 unspecified atom stereocenters. The highest BCUT2D eigenvalue weighted by Gasteiger charge is 2.26. The first-order valence-corrected chi connectivity index (χ1v) is 5.19. The van der Waals surface area contributed by atoms with Crippen molar-refractivity contribution in [2.24, 2.45) is 11.1 Å². The molecule has 0 saturated carbocycles. The van der Waals surface area contributed by atoms with Crippen LogP contribution in [-0.2, 0) is 4.79 Å². The Morgan fingerprint density at radius 2 is 1.88 bits per heavy atom. The van der Waals surface area contributed by atoms with Gasteiger partial charge in [0.05, 0.1) is 5.41 Å². The topological polar surface area (TPSA) is 80.9 Å². The lowest BCUT2D eigenvalue weighted by molar-refractivity contribution is -0.123. The summed E-state index contributed by atoms with van der Waals surface area (Å²) in [6.07, 6.45) is 0. The number of hydrogen-bond acceptors (Lipinski definition) is 4. The van der Waals surface area contributed by atoms with Gasteiger partial charge in [0.2, 0.25) is 11.9 Å². The van der Waals surface area contributed by atoms with Crippen LogP contribution in [0.2, 0.25) is 0 Å². The van der Waals surface area contributed by atoms with Crippen LogP contribution < -0.4 is 11.1 Å². The van der Waals surface area contributed by atoms with E-state index in [1.54, 1.807) is 13.8 Å². The number of anilines is 1. The number of hydrogen-bond donors (Lipinski definition) is 2. The molecule has 0 aromatic carbocycles. The van der Waals surface area contributed by atoms with Gasteiger partial charge in [0.1, 0.15) is 0 Å². The lowest BCUT2D eigenvalue weighted by atomic mass is 9.93. The molecule has 0 spiro atoms. The zero-order valence-corrected chi connectivity index (χ0v) is 10.2. The molecular formula is C11H18N4O. The number of carbonyl (C=O) groups excluding carboxylic acids is 1. The van der Waals surface area contributed by atoms with Gasteiger partial charge in [-0.25, -0.2) is 9.97 Å². The molecule has 0 bridgehead atoms. The lowest BCUT2D eigenvalue weighted by Gasteiger charge is -2.20. The maximum atomic E-state index is 11.8. The maximum absolute atomic E-state index is 11.8. The van der Waals surface area contributed by atoms with Gasteiger partial charge in [0.15, 0.2) is 0 Å². The van der Waals surface area contributed by atoms with E-state index in [1.165, 1.54) is 0 Å². The van der Waals surface area contributed by atoms with E-state index in [4.69, 9.17) is 5.73 Å². The third kappa shape index (κ3) is 3.00. The molecule has 5 nitrogen and oxygen atoms in total. The first kappa shape index (κ1) is 12.6. The van der Waals surface area contributed by atoms with Crippen LogP contribution in [0.15, 0.2) is 6.07 Å². The van der Waals surface area contributed by atoms with E-state index in [1.807, 2.05) is 19.9 Å². The summed E-state index contributed by atoms with van der Waals surface area (Å²) < 4.78 is 0. The molecule has 0 atom stereocenters. The lowest BCUT2D eigenvalue weighted by Crippen LogP contribution is -2.37. The fraction of sp³-hybridized carbons (Fsp3) is 0.545. The van der Waals surface area contributed by atoms with Crippen LogP contribution in [0, 0.1) is 19.3 Å². The van der Waals surface area contributed by atoms with Crippen molar-refractivity contribution in [2.45, 2.75) is 27.7 Å². The minimum atomic E-state index is -0.610. The molecule has 1 heterocycles. The Morgan fingerprint density at radius 3 is 2.31 bits per heavy atom. The molecule has 0 aliphatic rings. The number of rotatable bonds is 3. The van der Waals surface area contributed by atoms with E-state index in [-0.39, 0.29) is 12.5 Å². The van der Waals surface area contributed by atoms with E-state index in [0.717, 1.165) is 11.4 Å². The maximum Gasteiger partial charge on any atom is 0.233 e. The van der Waals surface area contributed by atoms with Gasteiger partial charge < -0.3 is 5.73 Å². The van der Waals surface area contributed by atoms with Gasteiger partial charge in [0.25, 0.3) is 0 Å². The summed E-state index contributed by atoms with van der Waals surface area (Å²) in [6.45, 7) is 7.57. The van der Waals surface area contributed by atoms with E-state index >= 15 is 0 Å². The van der Waals surface area contributed by atoms with Crippen LogP contribution in [-0.4, -0.2) is 22.4 Å². The predicted octanol–water partition coefficient (Wildman–Crippen LogP) is 1.02. The number of nitrogens with zero attached hydrogens (tertiary/aromatic N) is 2. The molecule has 1 aromatic rings. The molecule has 3 N–H and O–H groups in total. The highest BCUT2D eigenvalue weighted by molar-refractivity contribution is 5.93. The number of amides is 1. The largest absolute Gasteiger partial charge is 0.329 e. The van der Waals surface area contributed by atoms with E-state index in [2.05, 4.69) is 15.3 Å². The number of nitrogens with two attached hydrogens (primary N) is 1. The fourth-order valence-corrected chi connectivity index (χ4v) is 1.15. The Hall–Kier alpha value is -1.49. The Balaban J connectivity index is 2.85. The fourth-order valence-electron chi connectivity index (χ4n) is 1.15. The Kier molecular flexibility index (Phi) is 3.59. The second kappa shape index (κ2) is 4.57. The van der Waals surface area contributed by atoms with Crippen molar-refractivity contribution in [3.63, 3.8) is 0 Å². The van der Waals surface area contributed by atoms with Gasteiger partial charge in [-0.3, -0.25) is 10.1 Å². The van der Waals surface area contributed by atoms with Gasteiger partial charge in [-0.15, -0.1) is 0 Å². The second-order valence-electron chi connectivity index (χ2n) is 4.52. The van der Waals surface area contributed by atoms with E-state index < -0.39 is 5.41 Å². The van der Waals surface area contributed by atoms with Crippen LogP contribution in [0.25, 0.3) is 0 Å². The molecule has 1 aromatic heterocycles. The van der Waals surface area contributed by atoms with E-state index in [9.17, 15) is 4.79 Å². The molecule has 1 rings (SSSR count). The van der Waals surface area contributed by atoms with Crippen LogP contribution in [0.3, 0.4) is 0 Å². The summed E-state index contributed by atoms with van der Waals surface area (Å²) in [4.78, 5) is 20.1. The van der Waals surface area contributed by atoms with Crippen molar-refractivity contribution in [3.05, 3.63) is 17.5 Å². The van der Waals surface area contributed by atoms with Crippen LogP contribution in [0.4, 0.5) is 5.95 Å². The summed E-state index contributed by atoms with van der Waals surface area (Å²) in [6, 6.07) is 1.85. The van der Waals surface area contributed by atoms with Crippen LogP contribution in [0.1, 0.15) is 25.2 Å². The van der Waals surface area contributed by atoms with Crippen molar-refractivity contribution in [2.75, 3.05) is 11.9 Å². The minimum absolute atomic E-state index is 0.167. The molecule has 0 aliphatic carbocycles. The average Bonchev–Trinajstić information content (AvgIpc) is 2.15. The van der Waals surface area contributed by atoms with E-state index in [0.29, 0.717) is 5.95 Å². The predicted molar refractivity (Wildman–Crippen MR) is 63.0 cm³/mol. The molecule has 88 valence electrons. The smallest absolute Gasteiger partial charge is 0.233 e. The zero-order chi connectivity index (χ0) is 12.3. The van der Waals surface area contributed by atoms with Crippen molar-refractivity contribution in [1.29, 1.82) is 0 Å². The van der Waals surface area contributed by atoms with Gasteiger partial charge in [-0.05, 0) is 33.8 Å². The normalized spacial score (nSPS) is 11.3. The van der Waals surface area contributed by atoms with Gasteiger partial charge >= 0.3 is 0 Å². The highest BCUT2D eigenvalue weighted by Crippen LogP contribution is 2.15. The second-order valence-corrected chi connectivity index (χ2v) is 4.52. The highest BCUT2D eigenvalue weighted by atomic mass is 16.2. The Bertz CT molecular complexity index is 381. The summed E-state index contributed by atoms with van der Waals surface area (Å²) in [5.74, 6) is 0.170.